The topological polar surface area (TPSA) is 55.8 Å². The third kappa shape index (κ3) is 3.48. The van der Waals surface area contributed by atoms with E-state index in [0.717, 1.165) is 24.8 Å². The van der Waals surface area contributed by atoms with E-state index < -0.39 is 5.41 Å². The molecule has 1 amide bonds. The van der Waals surface area contributed by atoms with E-state index in [1.807, 2.05) is 29.2 Å². The number of ether oxygens (including phenoxy) is 2. The van der Waals surface area contributed by atoms with Crippen LogP contribution in [-0.4, -0.2) is 50.0 Å². The van der Waals surface area contributed by atoms with Crippen LogP contribution in [0.4, 0.5) is 0 Å². The predicted octanol–water partition coefficient (Wildman–Crippen LogP) is 3.72. The molecule has 5 nitrogen and oxygen atoms in total. The van der Waals surface area contributed by atoms with Gasteiger partial charge in [0.2, 0.25) is 5.91 Å². The minimum atomic E-state index is -0.958. The van der Waals surface area contributed by atoms with Gasteiger partial charge in [0, 0.05) is 25.3 Å². The average Bonchev–Trinajstić information content (AvgIpc) is 3.15. The molecule has 0 bridgehead atoms. The Bertz CT molecular complexity index is 770. The van der Waals surface area contributed by atoms with E-state index in [0.29, 0.717) is 36.8 Å². The molecular formula is C23H31NO4. The van der Waals surface area contributed by atoms with Crippen LogP contribution in [0.1, 0.15) is 55.5 Å². The third-order valence-electron chi connectivity index (χ3n) is 6.01. The van der Waals surface area contributed by atoms with Gasteiger partial charge in [-0.15, -0.1) is 0 Å². The Kier molecular flexibility index (Phi) is 6.23. The van der Waals surface area contributed by atoms with Crippen molar-refractivity contribution in [3.63, 3.8) is 0 Å². The average molecular weight is 386 g/mol. The molecule has 0 N–H and O–H groups in total. The van der Waals surface area contributed by atoms with Gasteiger partial charge in [0.25, 0.3) is 0 Å². The van der Waals surface area contributed by atoms with Crippen LogP contribution in [0.3, 0.4) is 0 Å². The molecule has 1 aromatic rings. The second kappa shape index (κ2) is 8.48. The largest absolute Gasteiger partial charge is 0.499 e. The van der Waals surface area contributed by atoms with Gasteiger partial charge in [-0.2, -0.15) is 0 Å². The Hall–Kier alpha value is -2.14. The van der Waals surface area contributed by atoms with Gasteiger partial charge in [0.1, 0.15) is 11.2 Å². The molecule has 0 radical (unpaired) electrons. The number of nitrogens with zero attached hydrogens (tertiary/aromatic N) is 1. The first-order chi connectivity index (χ1) is 13.5. The molecule has 5 heteroatoms. The van der Waals surface area contributed by atoms with E-state index in [1.54, 1.807) is 14.2 Å². The molecule has 1 fully saturated rings. The molecule has 1 aliphatic carbocycles. The van der Waals surface area contributed by atoms with Gasteiger partial charge >= 0.3 is 0 Å². The molecule has 2 atom stereocenters. The lowest BCUT2D eigenvalue weighted by Gasteiger charge is -2.41. The number of benzene rings is 1. The Morgan fingerprint density at radius 2 is 2.04 bits per heavy atom. The number of fused-ring (bicyclic) bond motifs is 1. The SMILES string of the molecule is COC[C@@H]1CCCN1C(=O)[C@@]1(CCC(C)C)C(OC)=CC(=O)c2ccccc21. The molecule has 2 aliphatic rings. The van der Waals surface area contributed by atoms with Crippen LogP contribution in [0.15, 0.2) is 36.1 Å². The highest BCUT2D eigenvalue weighted by Crippen LogP contribution is 2.45. The first kappa shape index (κ1) is 20.6. The quantitative estimate of drug-likeness (QED) is 0.718. The summed E-state index contributed by atoms with van der Waals surface area (Å²) >= 11 is 0. The Morgan fingerprint density at radius 3 is 2.71 bits per heavy atom. The van der Waals surface area contributed by atoms with Gasteiger partial charge in [0.05, 0.1) is 19.8 Å². The lowest BCUT2D eigenvalue weighted by Crippen LogP contribution is -2.52. The van der Waals surface area contributed by atoms with Gasteiger partial charge in [-0.05, 0) is 37.2 Å². The van der Waals surface area contributed by atoms with E-state index in [9.17, 15) is 9.59 Å². The molecule has 1 heterocycles. The fourth-order valence-corrected chi connectivity index (χ4v) is 4.56. The lowest BCUT2D eigenvalue weighted by molar-refractivity contribution is -0.139. The highest BCUT2D eigenvalue weighted by atomic mass is 16.5. The number of methoxy groups -OCH3 is 2. The molecule has 152 valence electrons. The zero-order valence-electron chi connectivity index (χ0n) is 17.4. The molecule has 28 heavy (non-hydrogen) atoms. The van der Waals surface area contributed by atoms with E-state index >= 15 is 0 Å². The first-order valence-corrected chi connectivity index (χ1v) is 10.2. The number of ketones is 1. The van der Waals surface area contributed by atoms with Crippen LogP contribution < -0.4 is 0 Å². The monoisotopic (exact) mass is 385 g/mol. The van der Waals surface area contributed by atoms with Crippen LogP contribution in [0.25, 0.3) is 0 Å². The van der Waals surface area contributed by atoms with Gasteiger partial charge in [-0.25, -0.2) is 0 Å². The van der Waals surface area contributed by atoms with Gasteiger partial charge in [-0.1, -0.05) is 38.1 Å². The van der Waals surface area contributed by atoms with Crippen LogP contribution in [0.5, 0.6) is 0 Å². The molecule has 1 aliphatic heterocycles. The molecule has 1 aromatic carbocycles. The normalized spacial score (nSPS) is 24.3. The Labute approximate surface area is 167 Å². The molecule has 1 saturated heterocycles. The molecule has 0 saturated carbocycles. The minimum absolute atomic E-state index is 0.0285. The molecular weight excluding hydrogens is 354 g/mol. The first-order valence-electron chi connectivity index (χ1n) is 10.2. The van der Waals surface area contributed by atoms with Crippen molar-refractivity contribution in [2.45, 2.75) is 51.0 Å². The van der Waals surface area contributed by atoms with Gasteiger partial charge in [0.15, 0.2) is 5.78 Å². The standard InChI is InChI=1S/C23H31NO4/c1-16(2)11-12-23(22(26)24-13-7-8-17(24)15-27-3)19-10-6-5-9-18(19)20(25)14-21(23)28-4/h5-6,9-10,14,16-17H,7-8,11-13,15H2,1-4H3/t17-,23+/m0/s1. The smallest absolute Gasteiger partial charge is 0.241 e. The van der Waals surface area contributed by atoms with Crippen LogP contribution in [0.2, 0.25) is 0 Å². The number of allylic oxidation sites excluding steroid dienone is 1. The summed E-state index contributed by atoms with van der Waals surface area (Å²) in [7, 11) is 3.23. The summed E-state index contributed by atoms with van der Waals surface area (Å²) in [6.45, 7) is 5.54. The Balaban J connectivity index is 2.14. The highest BCUT2D eigenvalue weighted by Gasteiger charge is 2.52. The minimum Gasteiger partial charge on any atom is -0.499 e. The summed E-state index contributed by atoms with van der Waals surface area (Å²) < 4.78 is 11.1. The second-order valence-electron chi connectivity index (χ2n) is 8.21. The highest BCUT2D eigenvalue weighted by molar-refractivity contribution is 6.11. The predicted molar refractivity (Wildman–Crippen MR) is 108 cm³/mol. The van der Waals surface area contributed by atoms with Crippen molar-refractivity contribution in [3.05, 3.63) is 47.2 Å². The van der Waals surface area contributed by atoms with Gasteiger partial charge in [-0.3, -0.25) is 9.59 Å². The summed E-state index contributed by atoms with van der Waals surface area (Å²) in [4.78, 5) is 28.7. The van der Waals surface area contributed by atoms with Crippen LogP contribution in [-0.2, 0) is 19.7 Å². The fraction of sp³-hybridized carbons (Fsp3) is 0.565. The number of rotatable bonds is 7. The van der Waals surface area contributed by atoms with E-state index in [2.05, 4.69) is 13.8 Å². The maximum atomic E-state index is 14.1. The summed E-state index contributed by atoms with van der Waals surface area (Å²) in [6.07, 6.45) is 4.89. The summed E-state index contributed by atoms with van der Waals surface area (Å²) in [5.74, 6) is 0.821. The van der Waals surface area contributed by atoms with Crippen molar-refractivity contribution in [1.82, 2.24) is 4.90 Å². The Morgan fingerprint density at radius 1 is 1.29 bits per heavy atom. The second-order valence-corrected chi connectivity index (χ2v) is 8.21. The summed E-state index contributed by atoms with van der Waals surface area (Å²) in [5.41, 5.74) is 0.413. The van der Waals surface area contributed by atoms with Gasteiger partial charge < -0.3 is 14.4 Å². The zero-order chi connectivity index (χ0) is 20.3. The van der Waals surface area contributed by atoms with Crippen LogP contribution in [0, 0.1) is 5.92 Å². The van der Waals surface area contributed by atoms with Crippen molar-refractivity contribution in [1.29, 1.82) is 0 Å². The fourth-order valence-electron chi connectivity index (χ4n) is 4.56. The van der Waals surface area contributed by atoms with E-state index in [1.165, 1.54) is 6.08 Å². The summed E-state index contributed by atoms with van der Waals surface area (Å²) in [6, 6.07) is 7.55. The maximum Gasteiger partial charge on any atom is 0.241 e. The number of amides is 1. The number of carbonyl (C=O) groups is 2. The summed E-state index contributed by atoms with van der Waals surface area (Å²) in [5, 5.41) is 0. The zero-order valence-corrected chi connectivity index (χ0v) is 17.4. The number of hydrogen-bond donors (Lipinski definition) is 0. The van der Waals surface area contributed by atoms with Crippen molar-refractivity contribution < 1.29 is 19.1 Å². The van der Waals surface area contributed by atoms with E-state index in [-0.39, 0.29) is 17.7 Å². The van der Waals surface area contributed by atoms with Crippen LogP contribution >= 0.6 is 0 Å². The third-order valence-corrected chi connectivity index (χ3v) is 6.01. The molecule has 0 aromatic heterocycles. The number of carbonyl (C=O) groups excluding carboxylic acids is 2. The number of likely N-dealkylation sites (tertiary alicyclic amines) is 1. The van der Waals surface area contributed by atoms with E-state index in [4.69, 9.17) is 9.47 Å². The van der Waals surface area contributed by atoms with Crippen molar-refractivity contribution >= 4 is 11.7 Å². The number of hydrogen-bond acceptors (Lipinski definition) is 4. The van der Waals surface area contributed by atoms with Crippen molar-refractivity contribution in [2.24, 2.45) is 5.92 Å². The van der Waals surface area contributed by atoms with Crippen molar-refractivity contribution in [2.75, 3.05) is 27.4 Å². The maximum absolute atomic E-state index is 14.1. The molecule has 0 spiro atoms. The molecule has 3 rings (SSSR count). The van der Waals surface area contributed by atoms with Crippen molar-refractivity contribution in [3.8, 4) is 0 Å². The lowest BCUT2D eigenvalue weighted by atomic mass is 9.67. The molecule has 0 unspecified atom stereocenters.